The van der Waals surface area contributed by atoms with Crippen molar-refractivity contribution in [1.82, 2.24) is 10.3 Å². The molecule has 0 aliphatic carbocycles. The molecule has 0 amide bonds. The van der Waals surface area contributed by atoms with Crippen molar-refractivity contribution in [3.8, 4) is 39.5 Å². The van der Waals surface area contributed by atoms with Gasteiger partial charge in [0, 0.05) is 54.9 Å². The Morgan fingerprint density at radius 2 is 1.43 bits per heavy atom. The molecule has 4 aromatic rings. The van der Waals surface area contributed by atoms with Gasteiger partial charge in [-0.15, -0.1) is 0 Å². The summed E-state index contributed by atoms with van der Waals surface area (Å²) >= 11 is 0. The number of aromatic nitrogens is 1. The molecule has 3 aromatic carbocycles. The molecule has 0 spiro atoms. The topological polar surface area (TPSA) is 67.9 Å². The Morgan fingerprint density at radius 3 is 2.05 bits per heavy atom. The number of pyridine rings is 1. The molecule has 37 heavy (non-hydrogen) atoms. The summed E-state index contributed by atoms with van der Waals surface area (Å²) in [5.74, 6) is 2.47. The molecule has 7 nitrogen and oxygen atoms in total. The van der Waals surface area contributed by atoms with Crippen LogP contribution >= 0.6 is 0 Å². The third-order valence-electron chi connectivity index (χ3n) is 6.58. The minimum absolute atomic E-state index is 0.555. The molecule has 2 heterocycles. The molecule has 2 N–H and O–H groups in total. The standard InChI is InChI=1S/C30H32N4O3/c1-35-27-18-22(19-28(36-2)29(27)37-3)26-17-23(20-32-30(26)33-24-7-5-4-6-8-24)21-9-11-25(12-10-21)34-15-13-31-14-16-34/h4-12,17-20,31H,13-16H2,1-3H3,(H,32,33). The van der Waals surface area contributed by atoms with Gasteiger partial charge in [-0.3, -0.25) is 0 Å². The van der Waals surface area contributed by atoms with E-state index in [9.17, 15) is 0 Å². The van der Waals surface area contributed by atoms with Gasteiger partial charge in [0.15, 0.2) is 11.5 Å². The summed E-state index contributed by atoms with van der Waals surface area (Å²) in [6.07, 6.45) is 1.91. The number of hydrogen-bond acceptors (Lipinski definition) is 7. The van der Waals surface area contributed by atoms with E-state index in [1.165, 1.54) is 5.69 Å². The highest BCUT2D eigenvalue weighted by Gasteiger charge is 2.18. The van der Waals surface area contributed by atoms with Crippen LogP contribution in [-0.2, 0) is 0 Å². The number of nitrogens with zero attached hydrogens (tertiary/aromatic N) is 2. The predicted molar refractivity (Wildman–Crippen MR) is 150 cm³/mol. The van der Waals surface area contributed by atoms with Crippen molar-refractivity contribution in [1.29, 1.82) is 0 Å². The molecule has 0 bridgehead atoms. The maximum absolute atomic E-state index is 5.63. The first-order chi connectivity index (χ1) is 18.2. The molecule has 5 rings (SSSR count). The van der Waals surface area contributed by atoms with Gasteiger partial charge in [-0.25, -0.2) is 4.98 Å². The van der Waals surface area contributed by atoms with Crippen molar-refractivity contribution in [2.45, 2.75) is 0 Å². The lowest BCUT2D eigenvalue weighted by molar-refractivity contribution is 0.324. The van der Waals surface area contributed by atoms with Crippen LogP contribution < -0.4 is 29.7 Å². The van der Waals surface area contributed by atoms with Gasteiger partial charge in [-0.05, 0) is 53.6 Å². The Hall–Kier alpha value is -4.23. The highest BCUT2D eigenvalue weighted by molar-refractivity contribution is 5.84. The number of methoxy groups -OCH3 is 3. The molecule has 1 aromatic heterocycles. The smallest absolute Gasteiger partial charge is 0.203 e. The van der Waals surface area contributed by atoms with Gasteiger partial charge in [0.2, 0.25) is 5.75 Å². The second kappa shape index (κ2) is 11.2. The zero-order valence-corrected chi connectivity index (χ0v) is 21.5. The fraction of sp³-hybridized carbons (Fsp3) is 0.233. The third-order valence-corrected chi connectivity index (χ3v) is 6.58. The number of piperazine rings is 1. The molecule has 7 heteroatoms. The molecular weight excluding hydrogens is 464 g/mol. The lowest BCUT2D eigenvalue weighted by atomic mass is 9.99. The lowest BCUT2D eigenvalue weighted by Gasteiger charge is -2.29. The monoisotopic (exact) mass is 496 g/mol. The molecule has 0 atom stereocenters. The van der Waals surface area contributed by atoms with Crippen molar-refractivity contribution in [2.24, 2.45) is 0 Å². The van der Waals surface area contributed by atoms with Crippen LogP contribution in [0.1, 0.15) is 0 Å². The van der Waals surface area contributed by atoms with Crippen LogP contribution in [-0.4, -0.2) is 52.5 Å². The lowest BCUT2D eigenvalue weighted by Crippen LogP contribution is -2.43. The Kier molecular flexibility index (Phi) is 7.42. The second-order valence-corrected chi connectivity index (χ2v) is 8.81. The van der Waals surface area contributed by atoms with Crippen LogP contribution in [0.2, 0.25) is 0 Å². The fourth-order valence-corrected chi connectivity index (χ4v) is 4.62. The van der Waals surface area contributed by atoms with Gasteiger partial charge in [-0.1, -0.05) is 30.3 Å². The van der Waals surface area contributed by atoms with Crippen LogP contribution in [0.15, 0.2) is 79.0 Å². The average Bonchev–Trinajstić information content (AvgIpc) is 2.97. The third kappa shape index (κ3) is 5.32. The zero-order valence-electron chi connectivity index (χ0n) is 21.5. The van der Waals surface area contributed by atoms with Gasteiger partial charge in [0.05, 0.1) is 21.3 Å². The molecule has 1 aliphatic rings. The van der Waals surface area contributed by atoms with Crippen LogP contribution in [0, 0.1) is 0 Å². The molecule has 1 saturated heterocycles. The normalized spacial score (nSPS) is 13.2. The maximum Gasteiger partial charge on any atom is 0.203 e. The molecule has 190 valence electrons. The first-order valence-corrected chi connectivity index (χ1v) is 12.4. The largest absolute Gasteiger partial charge is 0.493 e. The van der Waals surface area contributed by atoms with E-state index in [1.807, 2.05) is 48.7 Å². The SMILES string of the molecule is COc1cc(-c2cc(-c3ccc(N4CCNCC4)cc3)cnc2Nc2ccccc2)cc(OC)c1OC. The van der Waals surface area contributed by atoms with Crippen molar-refractivity contribution < 1.29 is 14.2 Å². The Balaban J connectivity index is 1.57. The van der Waals surface area contributed by atoms with E-state index in [0.717, 1.165) is 59.9 Å². The number of rotatable bonds is 8. The van der Waals surface area contributed by atoms with Gasteiger partial charge in [0.1, 0.15) is 5.82 Å². The highest BCUT2D eigenvalue weighted by Crippen LogP contribution is 2.43. The van der Waals surface area contributed by atoms with Crippen LogP contribution in [0.3, 0.4) is 0 Å². The van der Waals surface area contributed by atoms with Crippen LogP contribution in [0.25, 0.3) is 22.3 Å². The zero-order chi connectivity index (χ0) is 25.6. The first-order valence-electron chi connectivity index (χ1n) is 12.4. The van der Waals surface area contributed by atoms with Gasteiger partial charge in [0.25, 0.3) is 0 Å². The number of nitrogens with one attached hydrogen (secondary N) is 2. The van der Waals surface area contributed by atoms with Crippen LogP contribution in [0.5, 0.6) is 17.2 Å². The minimum Gasteiger partial charge on any atom is -0.493 e. The van der Waals surface area contributed by atoms with E-state index in [-0.39, 0.29) is 0 Å². The highest BCUT2D eigenvalue weighted by atomic mass is 16.5. The van der Waals surface area contributed by atoms with E-state index in [1.54, 1.807) is 21.3 Å². The number of benzene rings is 3. The van der Waals surface area contributed by atoms with Crippen LogP contribution in [0.4, 0.5) is 17.2 Å². The van der Waals surface area contributed by atoms with Crippen molar-refractivity contribution >= 4 is 17.2 Å². The molecule has 1 fully saturated rings. The molecular formula is C30H32N4O3. The quantitative estimate of drug-likeness (QED) is 0.329. The Morgan fingerprint density at radius 1 is 0.757 bits per heavy atom. The number of para-hydroxylation sites is 1. The molecule has 1 aliphatic heterocycles. The van der Waals surface area contributed by atoms with E-state index < -0.39 is 0 Å². The minimum atomic E-state index is 0.555. The molecule has 0 unspecified atom stereocenters. The number of ether oxygens (including phenoxy) is 3. The number of anilines is 3. The maximum atomic E-state index is 5.63. The number of hydrogen-bond donors (Lipinski definition) is 2. The summed E-state index contributed by atoms with van der Waals surface area (Å²) in [4.78, 5) is 7.26. The first kappa shape index (κ1) is 24.5. The second-order valence-electron chi connectivity index (χ2n) is 8.81. The Labute approximate surface area is 218 Å². The van der Waals surface area contributed by atoms with Gasteiger partial charge < -0.3 is 29.7 Å². The van der Waals surface area contributed by atoms with Gasteiger partial charge in [-0.2, -0.15) is 0 Å². The van der Waals surface area contributed by atoms with Crippen molar-refractivity contribution in [2.75, 3.05) is 57.7 Å². The van der Waals surface area contributed by atoms with E-state index in [2.05, 4.69) is 45.9 Å². The summed E-state index contributed by atoms with van der Waals surface area (Å²) in [5, 5.41) is 6.88. The molecule has 0 radical (unpaired) electrons. The summed E-state index contributed by atoms with van der Waals surface area (Å²) in [7, 11) is 4.85. The predicted octanol–water partition coefficient (Wildman–Crippen LogP) is 5.59. The van der Waals surface area contributed by atoms with Crippen molar-refractivity contribution in [3.05, 3.63) is 79.0 Å². The molecule has 0 saturated carbocycles. The average molecular weight is 497 g/mol. The van der Waals surface area contributed by atoms with Gasteiger partial charge >= 0.3 is 0 Å². The van der Waals surface area contributed by atoms with E-state index in [0.29, 0.717) is 17.2 Å². The Bertz CT molecular complexity index is 1310. The van der Waals surface area contributed by atoms with E-state index >= 15 is 0 Å². The summed E-state index contributed by atoms with van der Waals surface area (Å²) < 4.78 is 16.8. The summed E-state index contributed by atoms with van der Waals surface area (Å²) in [6, 6.07) is 24.8. The van der Waals surface area contributed by atoms with Crippen molar-refractivity contribution in [3.63, 3.8) is 0 Å². The summed E-state index contributed by atoms with van der Waals surface area (Å²) in [5.41, 5.74) is 6.15. The fourth-order valence-electron chi connectivity index (χ4n) is 4.62. The summed E-state index contributed by atoms with van der Waals surface area (Å²) in [6.45, 7) is 4.07. The van der Waals surface area contributed by atoms with E-state index in [4.69, 9.17) is 19.2 Å².